The van der Waals surface area contributed by atoms with Gasteiger partial charge in [0.15, 0.2) is 0 Å². The molecule has 0 aromatic carbocycles. The van der Waals surface area contributed by atoms with E-state index < -0.39 is 0 Å². The molecule has 1 aromatic heterocycles. The molecule has 1 rings (SSSR count). The maximum absolute atomic E-state index is 9.02. The topological polar surface area (TPSA) is 50.4 Å². The highest BCUT2D eigenvalue weighted by Crippen LogP contribution is 2.23. The van der Waals surface area contributed by atoms with E-state index in [0.717, 1.165) is 11.5 Å². The van der Waals surface area contributed by atoms with Crippen molar-refractivity contribution >= 4 is 17.5 Å². The maximum Gasteiger partial charge on any atom is 0.0849 e. The Kier molecular flexibility index (Phi) is 4.20. The Hall–Kier alpha value is -0.970. The molecule has 4 nitrogen and oxygen atoms in total. The average molecular weight is 227 g/mol. The lowest BCUT2D eigenvalue weighted by atomic mass is 9.89. The predicted octanol–water partition coefficient (Wildman–Crippen LogP) is 2.10. The van der Waals surface area contributed by atoms with Gasteiger partial charge in [-0.3, -0.25) is 4.68 Å². The molecular weight excluding hydrogens is 210 g/mol. The average Bonchev–Trinajstić information content (AvgIpc) is 2.66. The van der Waals surface area contributed by atoms with Crippen LogP contribution in [0.25, 0.3) is 0 Å². The van der Waals surface area contributed by atoms with E-state index in [-0.39, 0.29) is 5.41 Å². The second-order valence-corrected chi connectivity index (χ2v) is 4.93. The van der Waals surface area contributed by atoms with E-state index in [1.807, 2.05) is 18.5 Å². The van der Waals surface area contributed by atoms with E-state index in [1.165, 1.54) is 0 Å². The Morgan fingerprint density at radius 2 is 2.33 bits per heavy atom. The SMILES string of the molecule is CSCC(C)(C)/C(Cn1cccn1)=N\O. The smallest absolute Gasteiger partial charge is 0.0849 e. The van der Waals surface area contributed by atoms with Crippen LogP contribution in [0.5, 0.6) is 0 Å². The van der Waals surface area contributed by atoms with Crippen LogP contribution in [0.2, 0.25) is 0 Å². The van der Waals surface area contributed by atoms with Crippen molar-refractivity contribution < 1.29 is 5.21 Å². The molecule has 0 atom stereocenters. The fourth-order valence-corrected chi connectivity index (χ4v) is 2.26. The molecule has 1 heterocycles. The molecule has 0 spiro atoms. The van der Waals surface area contributed by atoms with Gasteiger partial charge in [-0.2, -0.15) is 16.9 Å². The lowest BCUT2D eigenvalue weighted by Gasteiger charge is -2.24. The molecule has 0 aliphatic heterocycles. The Bertz CT molecular complexity index is 319. The third-order valence-electron chi connectivity index (χ3n) is 2.28. The monoisotopic (exact) mass is 227 g/mol. The molecule has 0 aliphatic carbocycles. The number of oxime groups is 1. The van der Waals surface area contributed by atoms with Crippen molar-refractivity contribution in [2.75, 3.05) is 12.0 Å². The highest BCUT2D eigenvalue weighted by Gasteiger charge is 2.25. The first-order chi connectivity index (χ1) is 7.10. The summed E-state index contributed by atoms with van der Waals surface area (Å²) in [7, 11) is 0. The predicted molar refractivity (Wildman–Crippen MR) is 63.6 cm³/mol. The summed E-state index contributed by atoms with van der Waals surface area (Å²) in [5.74, 6) is 0.924. The van der Waals surface area contributed by atoms with E-state index in [1.54, 1.807) is 22.6 Å². The van der Waals surface area contributed by atoms with Crippen molar-refractivity contribution in [1.82, 2.24) is 9.78 Å². The van der Waals surface area contributed by atoms with Gasteiger partial charge in [-0.25, -0.2) is 0 Å². The van der Waals surface area contributed by atoms with Crippen LogP contribution in [-0.2, 0) is 6.54 Å². The summed E-state index contributed by atoms with van der Waals surface area (Å²) >= 11 is 1.74. The van der Waals surface area contributed by atoms with E-state index in [4.69, 9.17) is 5.21 Å². The molecule has 15 heavy (non-hydrogen) atoms. The summed E-state index contributed by atoms with van der Waals surface area (Å²) in [6.45, 7) is 4.68. The van der Waals surface area contributed by atoms with Crippen molar-refractivity contribution in [3.05, 3.63) is 18.5 Å². The molecule has 0 radical (unpaired) electrons. The summed E-state index contributed by atoms with van der Waals surface area (Å²) in [4.78, 5) is 0. The second-order valence-electron chi connectivity index (χ2n) is 4.07. The number of rotatable bonds is 5. The van der Waals surface area contributed by atoms with Crippen LogP contribution in [0.3, 0.4) is 0 Å². The largest absolute Gasteiger partial charge is 0.411 e. The zero-order chi connectivity index (χ0) is 11.3. The first-order valence-electron chi connectivity index (χ1n) is 4.78. The number of thioether (sulfide) groups is 1. The van der Waals surface area contributed by atoms with Crippen LogP contribution in [0.15, 0.2) is 23.6 Å². The minimum absolute atomic E-state index is 0.111. The summed E-state index contributed by atoms with van der Waals surface area (Å²) in [5, 5.41) is 16.5. The van der Waals surface area contributed by atoms with Crippen molar-refractivity contribution in [2.45, 2.75) is 20.4 Å². The molecule has 84 valence electrons. The van der Waals surface area contributed by atoms with Gasteiger partial charge in [0.2, 0.25) is 0 Å². The molecule has 1 N–H and O–H groups in total. The molecule has 0 amide bonds. The molecule has 0 saturated heterocycles. The molecule has 0 bridgehead atoms. The number of hydrogen-bond donors (Lipinski definition) is 1. The van der Waals surface area contributed by atoms with Gasteiger partial charge in [0.25, 0.3) is 0 Å². The van der Waals surface area contributed by atoms with Gasteiger partial charge in [0.05, 0.1) is 12.3 Å². The quantitative estimate of drug-likeness (QED) is 0.476. The van der Waals surface area contributed by atoms with Crippen molar-refractivity contribution in [2.24, 2.45) is 10.6 Å². The lowest BCUT2D eigenvalue weighted by molar-refractivity contribution is 0.307. The van der Waals surface area contributed by atoms with Crippen LogP contribution < -0.4 is 0 Å². The fourth-order valence-electron chi connectivity index (χ4n) is 1.37. The van der Waals surface area contributed by atoms with E-state index in [9.17, 15) is 0 Å². The molecule has 1 aromatic rings. The third-order valence-corrected chi connectivity index (χ3v) is 3.29. The van der Waals surface area contributed by atoms with Gasteiger partial charge in [0.1, 0.15) is 0 Å². The minimum Gasteiger partial charge on any atom is -0.411 e. The molecule has 0 aliphatic rings. The normalized spacial score (nSPS) is 13.1. The summed E-state index contributed by atoms with van der Waals surface area (Å²) < 4.78 is 1.76. The van der Waals surface area contributed by atoms with Crippen molar-refractivity contribution in [3.8, 4) is 0 Å². The van der Waals surface area contributed by atoms with Gasteiger partial charge in [-0.15, -0.1) is 0 Å². The Morgan fingerprint density at radius 3 is 2.80 bits per heavy atom. The molecule has 0 fully saturated rings. The molecular formula is C10H17N3OS. The van der Waals surface area contributed by atoms with E-state index in [2.05, 4.69) is 24.1 Å². The standard InChI is InChI=1S/C10H17N3OS/c1-10(2,8-15-3)9(12-14)7-13-6-4-5-11-13/h4-6,14H,7-8H2,1-3H3/b12-9-. The van der Waals surface area contributed by atoms with Crippen molar-refractivity contribution in [3.63, 3.8) is 0 Å². The van der Waals surface area contributed by atoms with Gasteiger partial charge < -0.3 is 5.21 Å². The second kappa shape index (κ2) is 5.21. The number of hydrogen-bond acceptors (Lipinski definition) is 4. The zero-order valence-electron chi connectivity index (χ0n) is 9.34. The summed E-state index contributed by atoms with van der Waals surface area (Å²) in [6.07, 6.45) is 5.63. The third kappa shape index (κ3) is 3.27. The van der Waals surface area contributed by atoms with Crippen LogP contribution in [0.1, 0.15) is 13.8 Å². The highest BCUT2D eigenvalue weighted by atomic mass is 32.2. The Balaban J connectivity index is 2.72. The zero-order valence-corrected chi connectivity index (χ0v) is 10.2. The van der Waals surface area contributed by atoms with Crippen LogP contribution in [-0.4, -0.2) is 32.7 Å². The van der Waals surface area contributed by atoms with Gasteiger partial charge >= 0.3 is 0 Å². The number of aromatic nitrogens is 2. The highest BCUT2D eigenvalue weighted by molar-refractivity contribution is 7.98. The summed E-state index contributed by atoms with van der Waals surface area (Å²) in [6, 6.07) is 1.86. The van der Waals surface area contributed by atoms with Gasteiger partial charge in [0, 0.05) is 23.6 Å². The Morgan fingerprint density at radius 1 is 1.60 bits per heavy atom. The minimum atomic E-state index is -0.111. The van der Waals surface area contributed by atoms with Crippen LogP contribution >= 0.6 is 11.8 Å². The Labute approximate surface area is 94.4 Å². The van der Waals surface area contributed by atoms with Crippen LogP contribution in [0, 0.1) is 5.41 Å². The molecule has 0 saturated carbocycles. The molecule has 5 heteroatoms. The number of nitrogens with zero attached hydrogens (tertiary/aromatic N) is 3. The van der Waals surface area contributed by atoms with E-state index in [0.29, 0.717) is 6.54 Å². The van der Waals surface area contributed by atoms with Crippen molar-refractivity contribution in [1.29, 1.82) is 0 Å². The molecule has 0 unspecified atom stereocenters. The summed E-state index contributed by atoms with van der Waals surface area (Å²) in [5.41, 5.74) is 0.640. The van der Waals surface area contributed by atoms with Crippen LogP contribution in [0.4, 0.5) is 0 Å². The first kappa shape index (κ1) is 12.1. The van der Waals surface area contributed by atoms with Gasteiger partial charge in [-0.1, -0.05) is 19.0 Å². The van der Waals surface area contributed by atoms with E-state index >= 15 is 0 Å². The fraction of sp³-hybridized carbons (Fsp3) is 0.600. The van der Waals surface area contributed by atoms with Gasteiger partial charge in [-0.05, 0) is 12.3 Å². The lowest BCUT2D eigenvalue weighted by Crippen LogP contribution is -2.31. The maximum atomic E-state index is 9.02. The first-order valence-corrected chi connectivity index (χ1v) is 6.17.